The van der Waals surface area contributed by atoms with Gasteiger partial charge in [-0.05, 0) is 68.4 Å². The smallest absolute Gasteiger partial charge is 0.161 e. The summed E-state index contributed by atoms with van der Waals surface area (Å²) in [4.78, 5) is 24.3. The molecule has 5 heteroatoms. The summed E-state index contributed by atoms with van der Waals surface area (Å²) in [7, 11) is 5.87. The zero-order valence-corrected chi connectivity index (χ0v) is 20.1. The lowest BCUT2D eigenvalue weighted by Crippen LogP contribution is -2.19. The van der Waals surface area contributed by atoms with Crippen LogP contribution >= 0.6 is 0 Å². The molecular formula is C28H34N2O3. The zero-order valence-electron chi connectivity index (χ0n) is 20.1. The molecule has 0 aliphatic rings. The Labute approximate surface area is 197 Å². The first kappa shape index (κ1) is 25.8. The summed E-state index contributed by atoms with van der Waals surface area (Å²) in [5.74, 6) is 0.127. The highest BCUT2D eigenvalue weighted by Gasteiger charge is 2.14. The average molecular weight is 447 g/mol. The van der Waals surface area contributed by atoms with Crippen LogP contribution in [0, 0.1) is 0 Å². The minimum Gasteiger partial charge on any atom is -0.507 e. The first-order valence-corrected chi connectivity index (χ1v) is 11.1. The van der Waals surface area contributed by atoms with Gasteiger partial charge in [-0.25, -0.2) is 0 Å². The number of aromatic hydroxyl groups is 1. The number of ketones is 1. The van der Waals surface area contributed by atoms with Crippen molar-refractivity contribution in [1.29, 1.82) is 0 Å². The van der Waals surface area contributed by atoms with E-state index in [1.807, 2.05) is 63.6 Å². The first-order chi connectivity index (χ1) is 15.8. The number of hydrogen-bond donors (Lipinski definition) is 2. The fourth-order valence-corrected chi connectivity index (χ4v) is 3.74. The summed E-state index contributed by atoms with van der Waals surface area (Å²) in [6.45, 7) is 3.72. The quantitative estimate of drug-likeness (QED) is 0.318. The normalized spacial score (nSPS) is 11.3. The van der Waals surface area contributed by atoms with Crippen molar-refractivity contribution in [2.45, 2.75) is 32.7 Å². The Morgan fingerprint density at radius 3 is 2.27 bits per heavy atom. The standard InChI is InChI=1S/C15H15NO.C13H19NO2/c1-11(17)14-9-8-13(10-15(14)16-2)12-6-4-3-5-7-12;1-4-5-12(14(2)3)10-6-7-13(16)11(8-10)9-15/h3-10,16H,1-2H3;6-9,12,16H,4-5H2,1-3H3. The van der Waals surface area contributed by atoms with Gasteiger partial charge in [0.15, 0.2) is 12.1 Å². The van der Waals surface area contributed by atoms with Gasteiger partial charge < -0.3 is 15.3 Å². The van der Waals surface area contributed by atoms with Crippen molar-refractivity contribution in [3.63, 3.8) is 0 Å². The van der Waals surface area contributed by atoms with Gasteiger partial charge in [0.1, 0.15) is 5.75 Å². The molecular weight excluding hydrogens is 412 g/mol. The SMILES string of the molecule is CCCC(c1ccc(O)c(C=O)c1)N(C)C.CNc1cc(-c2ccccc2)ccc1C(C)=O. The van der Waals surface area contributed by atoms with Gasteiger partial charge in [-0.2, -0.15) is 0 Å². The van der Waals surface area contributed by atoms with Gasteiger partial charge in [0.25, 0.3) is 0 Å². The van der Waals surface area contributed by atoms with Gasteiger partial charge in [-0.3, -0.25) is 9.59 Å². The third-order valence-corrected chi connectivity index (χ3v) is 5.52. The molecule has 1 unspecified atom stereocenters. The van der Waals surface area contributed by atoms with Crippen LogP contribution in [0.25, 0.3) is 11.1 Å². The maximum atomic E-state index is 11.4. The summed E-state index contributed by atoms with van der Waals surface area (Å²) >= 11 is 0. The van der Waals surface area contributed by atoms with Crippen LogP contribution in [0.4, 0.5) is 5.69 Å². The predicted molar refractivity (Wildman–Crippen MR) is 136 cm³/mol. The molecule has 0 heterocycles. The van der Waals surface area contributed by atoms with E-state index < -0.39 is 0 Å². The topological polar surface area (TPSA) is 69.6 Å². The Kier molecular flexibility index (Phi) is 9.83. The van der Waals surface area contributed by atoms with Crippen molar-refractivity contribution >= 4 is 17.8 Å². The highest BCUT2D eigenvalue weighted by Crippen LogP contribution is 2.27. The summed E-state index contributed by atoms with van der Waals surface area (Å²) in [6.07, 6.45) is 2.81. The second kappa shape index (κ2) is 12.6. The molecule has 0 fully saturated rings. The van der Waals surface area contributed by atoms with Crippen molar-refractivity contribution in [3.8, 4) is 16.9 Å². The van der Waals surface area contributed by atoms with Crippen LogP contribution < -0.4 is 5.32 Å². The van der Waals surface area contributed by atoms with Crippen molar-refractivity contribution < 1.29 is 14.7 Å². The number of nitrogens with one attached hydrogen (secondary N) is 1. The predicted octanol–water partition coefficient (Wildman–Crippen LogP) is 6.21. The highest BCUT2D eigenvalue weighted by molar-refractivity contribution is 6.00. The number of Topliss-reactive ketones (excluding diaryl/α,β-unsaturated/α-hetero) is 1. The Hall–Kier alpha value is -3.44. The van der Waals surface area contributed by atoms with E-state index in [4.69, 9.17) is 0 Å². The molecule has 0 aliphatic carbocycles. The number of nitrogens with zero attached hydrogens (tertiary/aromatic N) is 1. The molecule has 0 saturated carbocycles. The fraction of sp³-hybridized carbons (Fsp3) is 0.286. The van der Waals surface area contributed by atoms with E-state index in [1.54, 1.807) is 19.1 Å². The molecule has 3 aromatic carbocycles. The molecule has 0 bridgehead atoms. The summed E-state index contributed by atoms with van der Waals surface area (Å²) in [5, 5.41) is 12.5. The van der Waals surface area contributed by atoms with E-state index in [0.717, 1.165) is 40.8 Å². The summed E-state index contributed by atoms with van der Waals surface area (Å²) < 4.78 is 0. The van der Waals surface area contributed by atoms with E-state index in [1.165, 1.54) is 0 Å². The van der Waals surface area contributed by atoms with Crippen LogP contribution in [0.2, 0.25) is 0 Å². The minimum atomic E-state index is 0.0488. The molecule has 0 aromatic heterocycles. The lowest BCUT2D eigenvalue weighted by molar-refractivity contribution is 0.101. The number of carbonyl (C=O) groups is 2. The molecule has 5 nitrogen and oxygen atoms in total. The van der Waals surface area contributed by atoms with Crippen LogP contribution in [0.3, 0.4) is 0 Å². The molecule has 0 radical (unpaired) electrons. The number of phenols is 1. The third kappa shape index (κ3) is 7.02. The number of anilines is 1. The second-order valence-electron chi connectivity index (χ2n) is 8.14. The van der Waals surface area contributed by atoms with Gasteiger partial charge >= 0.3 is 0 Å². The van der Waals surface area contributed by atoms with Crippen LogP contribution in [-0.4, -0.2) is 43.2 Å². The average Bonchev–Trinajstić information content (AvgIpc) is 2.83. The molecule has 33 heavy (non-hydrogen) atoms. The van der Waals surface area contributed by atoms with Crippen LogP contribution in [0.5, 0.6) is 5.75 Å². The Bertz CT molecular complexity index is 1060. The van der Waals surface area contributed by atoms with E-state index >= 15 is 0 Å². The van der Waals surface area contributed by atoms with E-state index in [-0.39, 0.29) is 11.5 Å². The largest absolute Gasteiger partial charge is 0.507 e. The Morgan fingerprint density at radius 2 is 1.73 bits per heavy atom. The lowest BCUT2D eigenvalue weighted by atomic mass is 9.99. The van der Waals surface area contributed by atoms with E-state index in [0.29, 0.717) is 17.9 Å². The summed E-state index contributed by atoms with van der Waals surface area (Å²) in [6, 6.07) is 21.5. The Balaban J connectivity index is 0.000000234. The van der Waals surface area contributed by atoms with Gasteiger partial charge in [0, 0.05) is 24.3 Å². The van der Waals surface area contributed by atoms with E-state index in [9.17, 15) is 14.7 Å². The molecule has 0 saturated heterocycles. The number of phenolic OH excluding ortho intramolecular Hbond substituents is 1. The molecule has 174 valence electrons. The molecule has 0 amide bonds. The molecule has 2 N–H and O–H groups in total. The van der Waals surface area contributed by atoms with Crippen LogP contribution in [-0.2, 0) is 0 Å². The fourth-order valence-electron chi connectivity index (χ4n) is 3.74. The lowest BCUT2D eigenvalue weighted by Gasteiger charge is -2.24. The number of hydrogen-bond acceptors (Lipinski definition) is 5. The van der Waals surface area contributed by atoms with Crippen LogP contribution in [0.15, 0.2) is 66.7 Å². The van der Waals surface area contributed by atoms with Gasteiger partial charge in [-0.1, -0.05) is 55.8 Å². The minimum absolute atomic E-state index is 0.0488. The monoisotopic (exact) mass is 446 g/mol. The number of benzene rings is 3. The number of carbonyl (C=O) groups excluding carboxylic acids is 2. The molecule has 0 spiro atoms. The number of rotatable bonds is 8. The zero-order chi connectivity index (χ0) is 24.4. The molecule has 0 aliphatic heterocycles. The van der Waals surface area contributed by atoms with Gasteiger partial charge in [0.2, 0.25) is 0 Å². The second-order valence-corrected chi connectivity index (χ2v) is 8.14. The molecule has 1 atom stereocenters. The first-order valence-electron chi connectivity index (χ1n) is 11.1. The molecule has 3 aromatic rings. The van der Waals surface area contributed by atoms with Crippen molar-refractivity contribution in [1.82, 2.24) is 4.90 Å². The van der Waals surface area contributed by atoms with Crippen molar-refractivity contribution in [3.05, 3.63) is 83.4 Å². The summed E-state index contributed by atoms with van der Waals surface area (Å²) in [5.41, 5.74) is 5.30. The maximum absolute atomic E-state index is 11.4. The third-order valence-electron chi connectivity index (χ3n) is 5.52. The van der Waals surface area contributed by atoms with Crippen LogP contribution in [0.1, 0.15) is 59.0 Å². The molecule has 3 rings (SSSR count). The maximum Gasteiger partial charge on any atom is 0.161 e. The van der Waals surface area contributed by atoms with E-state index in [2.05, 4.69) is 29.3 Å². The van der Waals surface area contributed by atoms with Gasteiger partial charge in [-0.15, -0.1) is 0 Å². The van der Waals surface area contributed by atoms with Gasteiger partial charge in [0.05, 0.1) is 5.56 Å². The van der Waals surface area contributed by atoms with Crippen molar-refractivity contribution in [2.75, 3.05) is 26.5 Å². The highest BCUT2D eigenvalue weighted by atomic mass is 16.3. The Morgan fingerprint density at radius 1 is 1.03 bits per heavy atom. The number of aldehydes is 1. The van der Waals surface area contributed by atoms with Crippen molar-refractivity contribution in [2.24, 2.45) is 0 Å².